The van der Waals surface area contributed by atoms with Crippen molar-refractivity contribution in [3.63, 3.8) is 0 Å². The van der Waals surface area contributed by atoms with Gasteiger partial charge in [-0.15, -0.1) is 0 Å². The van der Waals surface area contributed by atoms with Gasteiger partial charge in [0.1, 0.15) is 24.4 Å². The van der Waals surface area contributed by atoms with Crippen molar-refractivity contribution in [2.75, 3.05) is 43.1 Å². The van der Waals surface area contributed by atoms with Crippen LogP contribution in [0.4, 0.5) is 11.5 Å². The highest BCUT2D eigenvalue weighted by atomic mass is 16.5. The molecule has 1 fully saturated rings. The Kier molecular flexibility index (Phi) is 4.41. The van der Waals surface area contributed by atoms with E-state index in [1.165, 1.54) is 33.5 Å². The molecule has 0 saturated carbocycles. The number of methoxy groups -OCH3 is 1. The number of nitrogens with zero attached hydrogens (tertiary/aromatic N) is 2. The quantitative estimate of drug-likeness (QED) is 0.724. The number of benzene rings is 2. The number of pyridine rings is 1. The van der Waals surface area contributed by atoms with E-state index in [4.69, 9.17) is 4.74 Å². The Bertz CT molecular complexity index is 913. The second kappa shape index (κ2) is 6.87. The minimum atomic E-state index is 0.906. The third kappa shape index (κ3) is 3.19. The Balaban J connectivity index is 1.51. The van der Waals surface area contributed by atoms with Gasteiger partial charge in [0.05, 0.1) is 20.2 Å². The number of ether oxygens (including phenoxy) is 1. The number of nitrogens with one attached hydrogen (secondary N) is 1. The molecule has 3 aromatic rings. The zero-order chi connectivity index (χ0) is 18.1. The first-order valence-electron chi connectivity index (χ1n) is 9.21. The summed E-state index contributed by atoms with van der Waals surface area (Å²) in [4.78, 5) is 8.53. The van der Waals surface area contributed by atoms with Crippen molar-refractivity contribution in [1.29, 1.82) is 0 Å². The van der Waals surface area contributed by atoms with Crippen LogP contribution in [0.2, 0.25) is 0 Å². The summed E-state index contributed by atoms with van der Waals surface area (Å²) >= 11 is 0. The maximum atomic E-state index is 5.26. The first-order valence-corrected chi connectivity index (χ1v) is 9.21. The first-order chi connectivity index (χ1) is 12.6. The van der Waals surface area contributed by atoms with E-state index in [1.807, 2.05) is 12.1 Å². The average Bonchev–Trinajstić information content (AvgIpc) is 2.68. The summed E-state index contributed by atoms with van der Waals surface area (Å²) < 4.78 is 5.26. The molecular formula is C22H26N3O+. The number of hydrogen-bond donors (Lipinski definition) is 0. The molecule has 1 aromatic heterocycles. The van der Waals surface area contributed by atoms with Crippen LogP contribution < -0.4 is 19.5 Å². The number of H-pyrrole nitrogens is 1. The second-order valence-electron chi connectivity index (χ2n) is 7.06. The standard InChI is InChI=1S/C22H25N3O/c1-16-4-9-20-17(2)15-22(23-21(20)14-16)25-12-10-24(11-13-25)18-5-7-19(26-3)8-6-18/h4-9,14-15H,10-13H2,1-3H3/p+1. The Morgan fingerprint density at radius 2 is 1.54 bits per heavy atom. The van der Waals surface area contributed by atoms with Crippen molar-refractivity contribution < 1.29 is 9.72 Å². The van der Waals surface area contributed by atoms with Gasteiger partial charge in [0.25, 0.3) is 5.82 Å². The zero-order valence-electron chi connectivity index (χ0n) is 15.7. The molecule has 26 heavy (non-hydrogen) atoms. The first kappa shape index (κ1) is 16.7. The van der Waals surface area contributed by atoms with Crippen LogP contribution in [0.15, 0.2) is 48.5 Å². The molecule has 4 nitrogen and oxygen atoms in total. The maximum absolute atomic E-state index is 5.26. The molecule has 2 heterocycles. The van der Waals surface area contributed by atoms with Crippen molar-refractivity contribution in [2.45, 2.75) is 13.8 Å². The molecule has 1 N–H and O–H groups in total. The van der Waals surface area contributed by atoms with Crippen LogP contribution in [0.5, 0.6) is 5.75 Å². The Hall–Kier alpha value is -2.75. The summed E-state index contributed by atoms with van der Waals surface area (Å²) in [6, 6.07) is 17.3. The SMILES string of the molecule is COc1ccc(N2CCN(c3cc(C)c4ccc(C)cc4[nH+]3)CC2)cc1. The lowest BCUT2D eigenvalue weighted by Crippen LogP contribution is -2.48. The van der Waals surface area contributed by atoms with Crippen LogP contribution in [0.1, 0.15) is 11.1 Å². The minimum Gasteiger partial charge on any atom is -0.497 e. The molecule has 1 aliphatic rings. The van der Waals surface area contributed by atoms with Crippen LogP contribution in [0, 0.1) is 13.8 Å². The fraction of sp³-hybridized carbons (Fsp3) is 0.318. The molecule has 0 bridgehead atoms. The average molecular weight is 348 g/mol. The Morgan fingerprint density at radius 3 is 2.23 bits per heavy atom. The van der Waals surface area contributed by atoms with Gasteiger partial charge in [-0.25, -0.2) is 4.98 Å². The lowest BCUT2D eigenvalue weighted by atomic mass is 10.1. The molecule has 4 heteroatoms. The van der Waals surface area contributed by atoms with E-state index in [2.05, 4.69) is 65.0 Å². The Labute approximate surface area is 155 Å². The number of aryl methyl sites for hydroxylation is 2. The second-order valence-corrected chi connectivity index (χ2v) is 7.06. The van der Waals surface area contributed by atoms with E-state index in [0.717, 1.165) is 31.9 Å². The summed E-state index contributed by atoms with van der Waals surface area (Å²) in [5.74, 6) is 2.12. The van der Waals surface area contributed by atoms with E-state index < -0.39 is 0 Å². The highest BCUT2D eigenvalue weighted by Gasteiger charge is 2.24. The van der Waals surface area contributed by atoms with Gasteiger partial charge < -0.3 is 9.64 Å². The molecule has 1 saturated heterocycles. The van der Waals surface area contributed by atoms with Crippen molar-refractivity contribution in [3.05, 3.63) is 59.7 Å². The molecule has 1 aliphatic heterocycles. The largest absolute Gasteiger partial charge is 0.497 e. The van der Waals surface area contributed by atoms with Gasteiger partial charge in [-0.2, -0.15) is 0 Å². The number of piperazine rings is 1. The van der Waals surface area contributed by atoms with E-state index in [1.54, 1.807) is 7.11 Å². The predicted octanol–water partition coefficient (Wildman–Crippen LogP) is 3.61. The molecular weight excluding hydrogens is 322 g/mol. The fourth-order valence-electron chi connectivity index (χ4n) is 3.73. The predicted molar refractivity (Wildman–Crippen MR) is 107 cm³/mol. The number of anilines is 2. The number of fused-ring (bicyclic) bond motifs is 1. The summed E-state index contributed by atoms with van der Waals surface area (Å²) in [5.41, 5.74) is 5.10. The van der Waals surface area contributed by atoms with Gasteiger partial charge in [-0.3, -0.25) is 4.90 Å². The van der Waals surface area contributed by atoms with Crippen LogP contribution in [-0.2, 0) is 0 Å². The fourth-order valence-corrected chi connectivity index (χ4v) is 3.73. The highest BCUT2D eigenvalue weighted by molar-refractivity contribution is 5.80. The molecule has 0 unspecified atom stereocenters. The summed E-state index contributed by atoms with van der Waals surface area (Å²) in [5, 5.41) is 1.30. The topological polar surface area (TPSA) is 29.9 Å². The van der Waals surface area contributed by atoms with Crippen molar-refractivity contribution in [3.8, 4) is 5.75 Å². The lowest BCUT2D eigenvalue weighted by molar-refractivity contribution is -0.330. The van der Waals surface area contributed by atoms with Gasteiger partial charge in [0.15, 0.2) is 0 Å². The number of aromatic nitrogens is 1. The van der Waals surface area contributed by atoms with Gasteiger partial charge >= 0.3 is 0 Å². The molecule has 134 valence electrons. The summed E-state index contributed by atoms with van der Waals surface area (Å²) in [6.07, 6.45) is 0. The number of hydrogen-bond acceptors (Lipinski definition) is 3. The van der Waals surface area contributed by atoms with E-state index >= 15 is 0 Å². The summed E-state index contributed by atoms with van der Waals surface area (Å²) in [6.45, 7) is 8.40. The van der Waals surface area contributed by atoms with Crippen molar-refractivity contribution >= 4 is 22.4 Å². The van der Waals surface area contributed by atoms with E-state index in [0.29, 0.717) is 0 Å². The molecule has 2 aromatic carbocycles. The molecule has 0 amide bonds. The molecule has 4 rings (SSSR count). The molecule has 0 radical (unpaired) electrons. The van der Waals surface area contributed by atoms with Crippen LogP contribution in [0.3, 0.4) is 0 Å². The van der Waals surface area contributed by atoms with Crippen LogP contribution >= 0.6 is 0 Å². The Morgan fingerprint density at radius 1 is 0.846 bits per heavy atom. The lowest BCUT2D eigenvalue weighted by Gasteiger charge is -2.32. The summed E-state index contributed by atoms with van der Waals surface area (Å²) in [7, 11) is 1.71. The highest BCUT2D eigenvalue weighted by Crippen LogP contribution is 2.23. The zero-order valence-corrected chi connectivity index (χ0v) is 15.7. The van der Waals surface area contributed by atoms with Gasteiger partial charge in [-0.1, -0.05) is 12.1 Å². The monoisotopic (exact) mass is 348 g/mol. The van der Waals surface area contributed by atoms with E-state index in [9.17, 15) is 0 Å². The van der Waals surface area contributed by atoms with Gasteiger partial charge in [0, 0.05) is 17.1 Å². The third-order valence-electron chi connectivity index (χ3n) is 5.27. The van der Waals surface area contributed by atoms with Gasteiger partial charge in [-0.05, 0) is 55.3 Å². The number of aromatic amines is 1. The van der Waals surface area contributed by atoms with Crippen molar-refractivity contribution in [2.24, 2.45) is 0 Å². The normalized spacial score (nSPS) is 14.7. The maximum Gasteiger partial charge on any atom is 0.275 e. The van der Waals surface area contributed by atoms with Crippen molar-refractivity contribution in [1.82, 2.24) is 0 Å². The smallest absolute Gasteiger partial charge is 0.275 e. The van der Waals surface area contributed by atoms with Crippen LogP contribution in [0.25, 0.3) is 10.9 Å². The molecule has 0 aliphatic carbocycles. The van der Waals surface area contributed by atoms with Gasteiger partial charge in [0.2, 0.25) is 0 Å². The molecule has 0 spiro atoms. The number of rotatable bonds is 3. The molecule has 0 atom stereocenters. The minimum absolute atomic E-state index is 0.906. The third-order valence-corrected chi connectivity index (χ3v) is 5.27. The van der Waals surface area contributed by atoms with Crippen LogP contribution in [-0.4, -0.2) is 33.3 Å². The van der Waals surface area contributed by atoms with E-state index in [-0.39, 0.29) is 0 Å².